The molecule has 0 saturated heterocycles. The van der Waals surface area contributed by atoms with Crippen LogP contribution in [0.15, 0.2) is 83.8 Å². The van der Waals surface area contributed by atoms with Crippen LogP contribution in [0.5, 0.6) is 0 Å². The number of hydrogen-bond acceptors (Lipinski definition) is 4. The maximum atomic E-state index is 13.3. The van der Waals surface area contributed by atoms with Gasteiger partial charge in [-0.25, -0.2) is 18.1 Å². The second-order valence-corrected chi connectivity index (χ2v) is 10.1. The van der Waals surface area contributed by atoms with E-state index in [2.05, 4.69) is 14.7 Å². The number of nitrogens with zero attached hydrogens (tertiary/aromatic N) is 1. The number of hydrogen-bond donors (Lipinski definition) is 2. The number of halogens is 1. The number of H-pyrrole nitrogens is 1. The van der Waals surface area contributed by atoms with Gasteiger partial charge < -0.3 is 4.98 Å². The number of aryl methyl sites for hydroxylation is 1. The van der Waals surface area contributed by atoms with E-state index in [-0.39, 0.29) is 10.5 Å². The molecule has 5 rings (SSSR count). The molecule has 0 radical (unpaired) electrons. The molecular formula is C26H20ClN3O3S. The van der Waals surface area contributed by atoms with Crippen molar-refractivity contribution in [1.29, 1.82) is 0 Å². The van der Waals surface area contributed by atoms with E-state index in [4.69, 9.17) is 11.6 Å². The standard InChI is InChI=1S/C26H20ClN3O3S/c1-16-28-24-13-12-21(22(25(24)29-16)15-19-8-4-5-9-23(19)27)26(31)30-34(32,33)20-11-10-17-6-2-3-7-18(17)14-20/h2-14H,15H2,1H3,(H,28,29)(H,30,31). The number of aromatic amines is 1. The molecule has 0 saturated carbocycles. The number of aromatic nitrogens is 2. The molecule has 0 aliphatic heterocycles. The van der Waals surface area contributed by atoms with E-state index >= 15 is 0 Å². The molecule has 1 heterocycles. The van der Waals surface area contributed by atoms with Crippen LogP contribution in [0.1, 0.15) is 27.3 Å². The van der Waals surface area contributed by atoms with Crippen LogP contribution in [-0.2, 0) is 16.4 Å². The Hall–Kier alpha value is -3.68. The minimum absolute atomic E-state index is 0.0175. The van der Waals surface area contributed by atoms with E-state index in [1.807, 2.05) is 49.4 Å². The molecule has 0 bridgehead atoms. The lowest BCUT2D eigenvalue weighted by Crippen LogP contribution is -2.31. The van der Waals surface area contributed by atoms with Crippen molar-refractivity contribution in [2.24, 2.45) is 0 Å². The van der Waals surface area contributed by atoms with E-state index in [9.17, 15) is 13.2 Å². The number of imidazole rings is 1. The summed E-state index contributed by atoms with van der Waals surface area (Å²) in [4.78, 5) is 21.0. The molecule has 1 aromatic heterocycles. The van der Waals surface area contributed by atoms with E-state index < -0.39 is 15.9 Å². The SMILES string of the molecule is Cc1nc2c(Cc3ccccc3Cl)c(C(=O)NS(=O)(=O)c3ccc4ccccc4c3)ccc2[nH]1. The lowest BCUT2D eigenvalue weighted by Gasteiger charge is -2.13. The van der Waals surface area contributed by atoms with E-state index in [1.165, 1.54) is 6.07 Å². The smallest absolute Gasteiger partial charge is 0.265 e. The average Bonchev–Trinajstić information content (AvgIpc) is 3.20. The van der Waals surface area contributed by atoms with Crippen molar-refractivity contribution in [3.63, 3.8) is 0 Å². The second kappa shape index (κ2) is 8.59. The van der Waals surface area contributed by atoms with Gasteiger partial charge in [-0.1, -0.05) is 60.1 Å². The molecular weight excluding hydrogens is 470 g/mol. The van der Waals surface area contributed by atoms with Crippen molar-refractivity contribution in [3.05, 3.63) is 106 Å². The highest BCUT2D eigenvalue weighted by atomic mass is 35.5. The average molecular weight is 490 g/mol. The summed E-state index contributed by atoms with van der Waals surface area (Å²) in [6.45, 7) is 1.82. The zero-order valence-electron chi connectivity index (χ0n) is 18.2. The zero-order valence-corrected chi connectivity index (χ0v) is 19.7. The maximum Gasteiger partial charge on any atom is 0.265 e. The molecule has 8 heteroatoms. The summed E-state index contributed by atoms with van der Waals surface area (Å²) in [6.07, 6.45) is 0.320. The Morgan fingerprint density at radius 2 is 1.71 bits per heavy atom. The first-order valence-electron chi connectivity index (χ1n) is 10.6. The molecule has 0 aliphatic carbocycles. The van der Waals surface area contributed by atoms with E-state index in [0.717, 1.165) is 21.9 Å². The summed E-state index contributed by atoms with van der Waals surface area (Å²) in [5, 5.41) is 2.24. The molecule has 0 aliphatic rings. The Balaban J connectivity index is 1.55. The number of carbonyl (C=O) groups excluding carboxylic acids is 1. The third-order valence-electron chi connectivity index (χ3n) is 5.71. The summed E-state index contributed by atoms with van der Waals surface area (Å²) in [5.74, 6) is -0.0329. The van der Waals surface area contributed by atoms with Gasteiger partial charge in [0.2, 0.25) is 0 Å². The molecule has 2 N–H and O–H groups in total. The molecule has 0 spiro atoms. The fourth-order valence-corrected chi connectivity index (χ4v) is 5.25. The quantitative estimate of drug-likeness (QED) is 0.346. The fraction of sp³-hybridized carbons (Fsp3) is 0.0769. The number of amides is 1. The summed E-state index contributed by atoms with van der Waals surface area (Å²) in [7, 11) is -4.10. The Kier molecular flexibility index (Phi) is 5.59. The Morgan fingerprint density at radius 3 is 2.50 bits per heavy atom. The molecule has 170 valence electrons. The van der Waals surface area contributed by atoms with Crippen molar-refractivity contribution in [2.75, 3.05) is 0 Å². The van der Waals surface area contributed by atoms with Crippen LogP contribution in [0.3, 0.4) is 0 Å². The van der Waals surface area contributed by atoms with Crippen molar-refractivity contribution in [2.45, 2.75) is 18.2 Å². The van der Waals surface area contributed by atoms with Gasteiger partial charge in [0.15, 0.2) is 0 Å². The van der Waals surface area contributed by atoms with Crippen LogP contribution in [0, 0.1) is 6.92 Å². The lowest BCUT2D eigenvalue weighted by molar-refractivity contribution is 0.0980. The first-order valence-corrected chi connectivity index (χ1v) is 12.5. The minimum Gasteiger partial charge on any atom is -0.342 e. The van der Waals surface area contributed by atoms with E-state index in [0.29, 0.717) is 28.3 Å². The van der Waals surface area contributed by atoms with Gasteiger partial charge in [-0.15, -0.1) is 0 Å². The highest BCUT2D eigenvalue weighted by Gasteiger charge is 2.23. The number of sulfonamides is 1. The van der Waals surface area contributed by atoms with Crippen molar-refractivity contribution in [1.82, 2.24) is 14.7 Å². The number of fused-ring (bicyclic) bond motifs is 2. The normalized spacial score (nSPS) is 11.7. The van der Waals surface area contributed by atoms with Crippen molar-refractivity contribution in [3.8, 4) is 0 Å². The first-order chi connectivity index (χ1) is 16.3. The Labute approximate surface area is 201 Å². The van der Waals surface area contributed by atoms with Crippen LogP contribution in [0.25, 0.3) is 21.8 Å². The van der Waals surface area contributed by atoms with Crippen molar-refractivity contribution >= 4 is 49.3 Å². The zero-order chi connectivity index (χ0) is 23.9. The van der Waals surface area contributed by atoms with Crippen LogP contribution < -0.4 is 4.72 Å². The Bertz CT molecular complexity index is 1680. The van der Waals surface area contributed by atoms with Gasteiger partial charge in [0, 0.05) is 17.0 Å². The predicted octanol–water partition coefficient (Wildman–Crippen LogP) is 5.39. The van der Waals surface area contributed by atoms with Gasteiger partial charge in [-0.2, -0.15) is 0 Å². The molecule has 0 fully saturated rings. The summed E-state index contributed by atoms with van der Waals surface area (Å²) < 4.78 is 28.4. The topological polar surface area (TPSA) is 91.9 Å². The largest absolute Gasteiger partial charge is 0.342 e. The van der Waals surface area contributed by atoms with Gasteiger partial charge in [0.1, 0.15) is 5.82 Å². The van der Waals surface area contributed by atoms with Gasteiger partial charge >= 0.3 is 0 Å². The molecule has 1 amide bonds. The molecule has 4 aromatic carbocycles. The lowest BCUT2D eigenvalue weighted by atomic mass is 9.97. The van der Waals surface area contributed by atoms with Crippen LogP contribution >= 0.6 is 11.6 Å². The van der Waals surface area contributed by atoms with Gasteiger partial charge in [-0.3, -0.25) is 4.79 Å². The van der Waals surface area contributed by atoms with E-state index in [1.54, 1.807) is 30.3 Å². The predicted molar refractivity (Wildman–Crippen MR) is 134 cm³/mol. The second-order valence-electron chi connectivity index (χ2n) is 8.02. The third-order valence-corrected chi connectivity index (χ3v) is 7.40. The van der Waals surface area contributed by atoms with Crippen LogP contribution in [-0.4, -0.2) is 24.3 Å². The van der Waals surface area contributed by atoms with Gasteiger partial charge in [-0.05, 0) is 59.2 Å². The molecule has 5 aromatic rings. The number of rotatable bonds is 5. The summed E-state index contributed by atoms with van der Waals surface area (Å²) >= 11 is 6.37. The number of benzene rings is 4. The summed E-state index contributed by atoms with van der Waals surface area (Å²) in [6, 6.07) is 22.9. The van der Waals surface area contributed by atoms with Crippen LogP contribution in [0.4, 0.5) is 0 Å². The highest BCUT2D eigenvalue weighted by Crippen LogP contribution is 2.27. The number of carbonyl (C=O) groups is 1. The van der Waals surface area contributed by atoms with Crippen molar-refractivity contribution < 1.29 is 13.2 Å². The van der Waals surface area contributed by atoms with Crippen LogP contribution in [0.2, 0.25) is 5.02 Å². The molecule has 0 atom stereocenters. The van der Waals surface area contributed by atoms with Gasteiger partial charge in [0.05, 0.1) is 15.9 Å². The molecule has 0 unspecified atom stereocenters. The molecule has 34 heavy (non-hydrogen) atoms. The molecule has 6 nitrogen and oxygen atoms in total. The first kappa shape index (κ1) is 22.1. The minimum atomic E-state index is -4.10. The maximum absolute atomic E-state index is 13.3. The highest BCUT2D eigenvalue weighted by molar-refractivity contribution is 7.90. The number of nitrogens with one attached hydrogen (secondary N) is 2. The third kappa shape index (κ3) is 4.16. The fourth-order valence-electron chi connectivity index (χ4n) is 4.05. The monoisotopic (exact) mass is 489 g/mol. The summed E-state index contributed by atoms with van der Waals surface area (Å²) in [5.41, 5.74) is 3.00. The van der Waals surface area contributed by atoms with Gasteiger partial charge in [0.25, 0.3) is 15.9 Å². The Morgan fingerprint density at radius 1 is 0.971 bits per heavy atom.